The fourth-order valence-electron chi connectivity index (χ4n) is 7.99. The summed E-state index contributed by atoms with van der Waals surface area (Å²) in [5.41, 5.74) is 4.38. The number of aliphatic hydroxyl groups is 1. The Labute approximate surface area is 335 Å². The Kier molecular flexibility index (Phi) is 28.0. The summed E-state index contributed by atoms with van der Waals surface area (Å²) >= 11 is 0. The van der Waals surface area contributed by atoms with Gasteiger partial charge in [0.2, 0.25) is 0 Å². The van der Waals surface area contributed by atoms with Crippen molar-refractivity contribution < 1.29 is 24.1 Å². The third-order valence-electron chi connectivity index (χ3n) is 10.7. The van der Waals surface area contributed by atoms with Crippen molar-refractivity contribution in [2.24, 2.45) is 47.3 Å². The molecule has 2 aliphatic carbocycles. The third kappa shape index (κ3) is 20.5. The fourth-order valence-corrected chi connectivity index (χ4v) is 7.99. The van der Waals surface area contributed by atoms with Crippen molar-refractivity contribution in [2.45, 2.75) is 168 Å². The first-order valence-corrected chi connectivity index (χ1v) is 20.4. The van der Waals surface area contributed by atoms with Crippen LogP contribution in [-0.4, -0.2) is 44.4 Å². The average molecular weight is 757 g/mol. The minimum absolute atomic E-state index is 0. The molecule has 2 aliphatic rings. The average Bonchev–Trinajstić information content (AvgIpc) is 3.06. The highest BCUT2D eigenvalue weighted by atomic mass is 16.5. The quantitative estimate of drug-likeness (QED) is 0.231. The lowest BCUT2D eigenvalue weighted by Gasteiger charge is -2.34. The van der Waals surface area contributed by atoms with Crippen molar-refractivity contribution in [1.29, 1.82) is 0 Å². The molecule has 0 aromatic heterocycles. The van der Waals surface area contributed by atoms with Crippen LogP contribution in [0.1, 0.15) is 163 Å². The molecule has 5 nitrogen and oxygen atoms in total. The number of aliphatic hydroxyl groups excluding tert-OH is 1. The van der Waals surface area contributed by atoms with Gasteiger partial charge in [0.1, 0.15) is 11.5 Å². The second-order valence-electron chi connectivity index (χ2n) is 17.5. The van der Waals surface area contributed by atoms with E-state index in [0.717, 1.165) is 65.1 Å². The molecule has 0 spiro atoms. The molecule has 1 N–H and O–H groups in total. The molecule has 2 saturated carbocycles. The van der Waals surface area contributed by atoms with Crippen LogP contribution in [0.4, 0.5) is 0 Å². The smallest absolute Gasteiger partial charge is 0.165 e. The van der Waals surface area contributed by atoms with Crippen LogP contribution in [0, 0.1) is 61.2 Å². The van der Waals surface area contributed by atoms with Crippen LogP contribution in [0.3, 0.4) is 0 Å². The predicted octanol–water partition coefficient (Wildman–Crippen LogP) is 13.6. The number of hydrogen-bond acceptors (Lipinski definition) is 5. The van der Waals surface area contributed by atoms with Gasteiger partial charge in [-0.2, -0.15) is 0 Å². The number of carbonyl (C=O) groups is 1. The molecule has 6 atom stereocenters. The molecule has 0 radical (unpaired) electrons. The fraction of sp³-hybridized carbons (Fsp3) is 0.735. The number of rotatable bonds is 11. The second-order valence-corrected chi connectivity index (χ2v) is 17.5. The number of ketones is 1. The zero-order chi connectivity index (χ0) is 39.5. The van der Waals surface area contributed by atoms with E-state index in [1.54, 1.807) is 14.2 Å². The van der Waals surface area contributed by atoms with E-state index in [1.165, 1.54) is 56.1 Å². The molecule has 5 heteroatoms. The Bertz CT molecular complexity index is 1260. The number of Topliss-reactive ketones (excluding diaryl/α,β-unsaturated/α-hetero) is 1. The second kappa shape index (κ2) is 28.1. The molecular weight excluding hydrogens is 669 g/mol. The molecule has 54 heavy (non-hydrogen) atoms. The van der Waals surface area contributed by atoms with Crippen LogP contribution < -0.4 is 9.47 Å². The molecule has 6 unspecified atom stereocenters. The first-order chi connectivity index (χ1) is 24.4. The lowest BCUT2D eigenvalue weighted by atomic mass is 9.77. The van der Waals surface area contributed by atoms with Crippen molar-refractivity contribution in [3.63, 3.8) is 0 Å². The zero-order valence-electron chi connectivity index (χ0n) is 36.2. The van der Waals surface area contributed by atoms with E-state index in [1.807, 2.05) is 52.1 Å². The van der Waals surface area contributed by atoms with Gasteiger partial charge in [-0.3, -0.25) is 4.79 Å². The van der Waals surface area contributed by atoms with E-state index >= 15 is 0 Å². The molecule has 0 heterocycles. The topological polar surface area (TPSA) is 65.0 Å². The normalized spacial score (nSPS) is 22.0. The standard InChI is InChI=1S/C12H16O2.C12H24O.C12H18O.C11H22O.2CH4/c1-8(2)12(13)10-5-6-11(14-4)9(3)7-10;2*1-9(2)7-11-5-6-12(13-4)10(3)8-11;1-8(2)6-10-4-5-11(12)9(3)7-10;;/h5-8H,1-4H3;9-12H,5-8H2,1-4H3;5-6,8-9H,7H2,1-4H3;8-12H,4-7H2,1-3H3;2*1H4. The SMILES string of the molecule is C.C.CC(C)CC1CCC(O)C(C)C1.COC1CCC(CC(C)C)CC1C.COc1ccc(C(=O)C(C)C)cc1C.COc1ccc(CC(C)C)cc1C. The predicted molar refractivity (Wildman–Crippen MR) is 235 cm³/mol. The van der Waals surface area contributed by atoms with Crippen molar-refractivity contribution >= 4 is 5.78 Å². The Morgan fingerprint density at radius 1 is 0.685 bits per heavy atom. The summed E-state index contributed by atoms with van der Waals surface area (Å²) in [5.74, 6) is 7.55. The lowest BCUT2D eigenvalue weighted by molar-refractivity contribution is 0.0123. The summed E-state index contributed by atoms with van der Waals surface area (Å²) in [6.45, 7) is 26.0. The van der Waals surface area contributed by atoms with Crippen LogP contribution >= 0.6 is 0 Å². The number of aryl methyl sites for hydroxylation is 2. The maximum absolute atomic E-state index is 11.7. The molecule has 2 aromatic rings. The summed E-state index contributed by atoms with van der Waals surface area (Å²) in [7, 11) is 5.20. The largest absolute Gasteiger partial charge is 0.496 e. The highest BCUT2D eigenvalue weighted by molar-refractivity contribution is 5.97. The molecule has 2 fully saturated rings. The van der Waals surface area contributed by atoms with E-state index in [-0.39, 0.29) is 32.7 Å². The molecule has 0 aliphatic heterocycles. The van der Waals surface area contributed by atoms with Gasteiger partial charge in [0, 0.05) is 18.6 Å². The molecule has 0 bridgehead atoms. The zero-order valence-corrected chi connectivity index (χ0v) is 36.2. The van der Waals surface area contributed by atoms with Gasteiger partial charge in [0.05, 0.1) is 26.4 Å². The monoisotopic (exact) mass is 757 g/mol. The number of methoxy groups -OCH3 is 3. The number of hydrogen-bond donors (Lipinski definition) is 1. The summed E-state index contributed by atoms with van der Waals surface area (Å²) in [4.78, 5) is 11.7. The van der Waals surface area contributed by atoms with E-state index in [9.17, 15) is 9.90 Å². The molecular formula is C49H88O5. The Hall–Kier alpha value is -2.37. The van der Waals surface area contributed by atoms with Crippen molar-refractivity contribution in [2.75, 3.05) is 21.3 Å². The Morgan fingerprint density at radius 3 is 1.56 bits per heavy atom. The maximum atomic E-state index is 11.7. The van der Waals surface area contributed by atoms with Crippen molar-refractivity contribution in [3.05, 3.63) is 58.7 Å². The number of benzene rings is 2. The van der Waals surface area contributed by atoms with Gasteiger partial charge >= 0.3 is 0 Å². The lowest BCUT2D eigenvalue weighted by Crippen LogP contribution is -2.29. The third-order valence-corrected chi connectivity index (χ3v) is 10.7. The first kappa shape index (κ1) is 53.7. The van der Waals surface area contributed by atoms with Crippen molar-refractivity contribution in [1.82, 2.24) is 0 Å². The van der Waals surface area contributed by atoms with Gasteiger partial charge in [0.25, 0.3) is 0 Å². The Morgan fingerprint density at radius 2 is 1.17 bits per heavy atom. The maximum Gasteiger partial charge on any atom is 0.165 e. The highest BCUT2D eigenvalue weighted by Crippen LogP contribution is 2.34. The van der Waals surface area contributed by atoms with Gasteiger partial charge in [-0.1, -0.05) is 96.2 Å². The minimum atomic E-state index is -0.0200. The summed E-state index contributed by atoms with van der Waals surface area (Å²) in [6.07, 6.45) is 11.9. The molecule has 0 amide bonds. The summed E-state index contributed by atoms with van der Waals surface area (Å²) in [5, 5.41) is 9.53. The van der Waals surface area contributed by atoms with Gasteiger partial charge in [-0.05, 0) is 154 Å². The molecule has 314 valence electrons. The van der Waals surface area contributed by atoms with Crippen LogP contribution in [-0.2, 0) is 11.2 Å². The summed E-state index contributed by atoms with van der Waals surface area (Å²) < 4.78 is 15.8. The van der Waals surface area contributed by atoms with E-state index in [2.05, 4.69) is 74.4 Å². The van der Waals surface area contributed by atoms with Gasteiger partial charge in [0.15, 0.2) is 5.78 Å². The summed E-state index contributed by atoms with van der Waals surface area (Å²) in [6, 6.07) is 11.9. The Balaban J connectivity index is 0. The highest BCUT2D eigenvalue weighted by Gasteiger charge is 2.28. The van der Waals surface area contributed by atoms with Crippen LogP contribution in [0.25, 0.3) is 0 Å². The van der Waals surface area contributed by atoms with Gasteiger partial charge < -0.3 is 19.3 Å². The molecule has 0 saturated heterocycles. The van der Waals surface area contributed by atoms with Gasteiger partial charge in [-0.15, -0.1) is 0 Å². The molecule has 4 rings (SSSR count). The number of carbonyl (C=O) groups excluding carboxylic acids is 1. The van der Waals surface area contributed by atoms with Crippen LogP contribution in [0.2, 0.25) is 0 Å². The first-order valence-electron chi connectivity index (χ1n) is 20.4. The van der Waals surface area contributed by atoms with Crippen LogP contribution in [0.5, 0.6) is 11.5 Å². The minimum Gasteiger partial charge on any atom is -0.496 e. The molecule has 2 aromatic carbocycles. The van der Waals surface area contributed by atoms with Crippen LogP contribution in [0.15, 0.2) is 36.4 Å². The van der Waals surface area contributed by atoms with E-state index in [4.69, 9.17) is 14.2 Å². The van der Waals surface area contributed by atoms with E-state index < -0.39 is 0 Å². The van der Waals surface area contributed by atoms with Crippen molar-refractivity contribution in [3.8, 4) is 11.5 Å². The number of ether oxygens (including phenoxy) is 3. The van der Waals surface area contributed by atoms with E-state index in [0.29, 0.717) is 17.9 Å². The van der Waals surface area contributed by atoms with Gasteiger partial charge in [-0.25, -0.2) is 0 Å².